The van der Waals surface area contributed by atoms with Crippen LogP contribution in [0.1, 0.15) is 15.9 Å². The van der Waals surface area contributed by atoms with E-state index < -0.39 is 5.97 Å². The van der Waals surface area contributed by atoms with E-state index >= 15 is 0 Å². The van der Waals surface area contributed by atoms with Crippen LogP contribution in [0.2, 0.25) is 0 Å². The first-order chi connectivity index (χ1) is 12.6. The number of aromatic carboxylic acids is 1. The first kappa shape index (κ1) is 17.6. The van der Waals surface area contributed by atoms with Gasteiger partial charge in [-0.05, 0) is 35.9 Å². The molecule has 1 saturated heterocycles. The zero-order valence-corrected chi connectivity index (χ0v) is 14.1. The van der Waals surface area contributed by atoms with Crippen molar-refractivity contribution in [1.82, 2.24) is 4.98 Å². The Morgan fingerprint density at radius 1 is 1.23 bits per heavy atom. The highest BCUT2D eigenvalue weighted by atomic mass is 16.5. The summed E-state index contributed by atoms with van der Waals surface area (Å²) >= 11 is 0. The van der Waals surface area contributed by atoms with Crippen LogP contribution in [0, 0.1) is 0 Å². The SMILES string of the molecule is O=C(C=Cc1cccnc1)Nc1ccc(N2CCOCC2)c(C(=O)O)c1. The molecule has 0 unspecified atom stereocenters. The van der Waals surface area contributed by atoms with Gasteiger partial charge in [-0.3, -0.25) is 9.78 Å². The molecule has 26 heavy (non-hydrogen) atoms. The van der Waals surface area contributed by atoms with Gasteiger partial charge in [-0.2, -0.15) is 0 Å². The Hall–Kier alpha value is -3.19. The van der Waals surface area contributed by atoms with E-state index in [0.29, 0.717) is 37.7 Å². The molecular formula is C19H19N3O4. The number of benzene rings is 1. The Morgan fingerprint density at radius 2 is 2.04 bits per heavy atom. The maximum absolute atomic E-state index is 12.1. The first-order valence-electron chi connectivity index (χ1n) is 8.22. The predicted molar refractivity (Wildman–Crippen MR) is 98.3 cm³/mol. The molecule has 0 saturated carbocycles. The van der Waals surface area contributed by atoms with E-state index in [1.165, 1.54) is 12.1 Å². The van der Waals surface area contributed by atoms with Gasteiger partial charge in [-0.1, -0.05) is 6.07 Å². The molecule has 3 rings (SSSR count). The van der Waals surface area contributed by atoms with Crippen molar-refractivity contribution in [2.75, 3.05) is 36.5 Å². The van der Waals surface area contributed by atoms with Crippen molar-refractivity contribution in [2.24, 2.45) is 0 Å². The normalized spacial score (nSPS) is 14.4. The molecule has 7 heteroatoms. The molecule has 0 spiro atoms. The molecule has 2 N–H and O–H groups in total. The molecule has 1 aromatic carbocycles. The van der Waals surface area contributed by atoms with Gasteiger partial charge in [0.15, 0.2) is 0 Å². The first-order valence-corrected chi connectivity index (χ1v) is 8.22. The zero-order chi connectivity index (χ0) is 18.4. The van der Waals surface area contributed by atoms with Gasteiger partial charge < -0.3 is 20.1 Å². The maximum atomic E-state index is 12.1. The van der Waals surface area contributed by atoms with Crippen molar-refractivity contribution in [3.63, 3.8) is 0 Å². The van der Waals surface area contributed by atoms with Gasteiger partial charge in [0.25, 0.3) is 0 Å². The number of pyridine rings is 1. The topological polar surface area (TPSA) is 91.8 Å². The fourth-order valence-electron chi connectivity index (χ4n) is 2.70. The zero-order valence-electron chi connectivity index (χ0n) is 14.1. The number of rotatable bonds is 5. The molecule has 1 aliphatic rings. The van der Waals surface area contributed by atoms with Gasteiger partial charge >= 0.3 is 5.97 Å². The number of aromatic nitrogens is 1. The molecule has 2 heterocycles. The van der Waals surface area contributed by atoms with E-state index in [0.717, 1.165) is 5.56 Å². The van der Waals surface area contributed by atoms with Crippen LogP contribution in [0.4, 0.5) is 11.4 Å². The molecule has 2 aromatic rings. The number of hydrogen-bond acceptors (Lipinski definition) is 5. The van der Waals surface area contributed by atoms with E-state index in [1.807, 2.05) is 11.0 Å². The van der Waals surface area contributed by atoms with Gasteiger partial charge in [0.05, 0.1) is 24.5 Å². The molecule has 0 bridgehead atoms. The summed E-state index contributed by atoms with van der Waals surface area (Å²) in [7, 11) is 0. The lowest BCUT2D eigenvalue weighted by atomic mass is 10.1. The lowest BCUT2D eigenvalue weighted by molar-refractivity contribution is -0.111. The van der Waals surface area contributed by atoms with Gasteiger partial charge in [0, 0.05) is 37.2 Å². The predicted octanol–water partition coefficient (Wildman–Crippen LogP) is 2.27. The second-order valence-corrected chi connectivity index (χ2v) is 5.75. The number of amides is 1. The monoisotopic (exact) mass is 353 g/mol. The van der Waals surface area contributed by atoms with Gasteiger partial charge in [-0.25, -0.2) is 4.79 Å². The Bertz CT molecular complexity index is 815. The average Bonchev–Trinajstić information content (AvgIpc) is 2.68. The number of carbonyl (C=O) groups is 2. The second-order valence-electron chi connectivity index (χ2n) is 5.75. The van der Waals surface area contributed by atoms with Crippen LogP contribution in [0.5, 0.6) is 0 Å². The number of carbonyl (C=O) groups excluding carboxylic acids is 1. The third kappa shape index (κ3) is 4.46. The summed E-state index contributed by atoms with van der Waals surface area (Å²) in [4.78, 5) is 29.6. The molecule has 7 nitrogen and oxygen atoms in total. The molecule has 1 fully saturated rings. The molecule has 0 radical (unpaired) electrons. The number of ether oxygens (including phenoxy) is 1. The highest BCUT2D eigenvalue weighted by molar-refractivity contribution is 6.03. The van der Waals surface area contributed by atoms with E-state index in [4.69, 9.17) is 4.74 Å². The summed E-state index contributed by atoms with van der Waals surface area (Å²) < 4.78 is 5.30. The largest absolute Gasteiger partial charge is 0.478 e. The average molecular weight is 353 g/mol. The maximum Gasteiger partial charge on any atom is 0.337 e. The van der Waals surface area contributed by atoms with Crippen molar-refractivity contribution >= 4 is 29.3 Å². The standard InChI is InChI=1S/C19H19N3O4/c23-18(6-3-14-2-1-7-20-13-14)21-15-4-5-17(16(12-15)19(24)25)22-8-10-26-11-9-22/h1-7,12-13H,8-11H2,(H,21,23)(H,24,25). The number of hydrogen-bond donors (Lipinski definition) is 2. The van der Waals surface area contributed by atoms with Crippen LogP contribution < -0.4 is 10.2 Å². The summed E-state index contributed by atoms with van der Waals surface area (Å²) in [5.74, 6) is -1.38. The molecule has 134 valence electrons. The van der Waals surface area contributed by atoms with Gasteiger partial charge in [-0.15, -0.1) is 0 Å². The fourth-order valence-corrected chi connectivity index (χ4v) is 2.70. The van der Waals surface area contributed by atoms with Gasteiger partial charge in [0.1, 0.15) is 0 Å². The van der Waals surface area contributed by atoms with E-state index in [-0.39, 0.29) is 11.5 Å². The molecule has 1 aliphatic heterocycles. The minimum Gasteiger partial charge on any atom is -0.478 e. The van der Waals surface area contributed by atoms with Crippen LogP contribution >= 0.6 is 0 Å². The van der Waals surface area contributed by atoms with Crippen LogP contribution in [-0.4, -0.2) is 48.3 Å². The van der Waals surface area contributed by atoms with Crippen molar-refractivity contribution < 1.29 is 19.4 Å². The quantitative estimate of drug-likeness (QED) is 0.801. The van der Waals surface area contributed by atoms with Crippen LogP contribution in [0.15, 0.2) is 48.8 Å². The lowest BCUT2D eigenvalue weighted by Gasteiger charge is -2.30. The lowest BCUT2D eigenvalue weighted by Crippen LogP contribution is -2.37. The summed E-state index contributed by atoms with van der Waals surface area (Å²) in [6.45, 7) is 2.41. The number of nitrogens with one attached hydrogen (secondary N) is 1. The van der Waals surface area contributed by atoms with Crippen LogP contribution in [0.3, 0.4) is 0 Å². The highest BCUT2D eigenvalue weighted by Crippen LogP contribution is 2.25. The molecule has 1 amide bonds. The van der Waals surface area contributed by atoms with E-state index in [1.54, 1.807) is 36.7 Å². The Balaban J connectivity index is 1.73. The van der Waals surface area contributed by atoms with Crippen molar-refractivity contribution in [2.45, 2.75) is 0 Å². The number of morpholine rings is 1. The summed E-state index contributed by atoms with van der Waals surface area (Å²) in [5.41, 5.74) is 2.02. The van der Waals surface area contributed by atoms with Crippen LogP contribution in [-0.2, 0) is 9.53 Å². The summed E-state index contributed by atoms with van der Waals surface area (Å²) in [6, 6.07) is 8.50. The Kier molecular flexibility index (Phi) is 5.60. The number of anilines is 2. The Morgan fingerprint density at radius 3 is 2.73 bits per heavy atom. The van der Waals surface area contributed by atoms with E-state index in [2.05, 4.69) is 10.3 Å². The minimum absolute atomic E-state index is 0.154. The number of nitrogens with zero attached hydrogens (tertiary/aromatic N) is 2. The number of carboxylic acid groups (broad SMARTS) is 1. The second kappa shape index (κ2) is 8.26. The fraction of sp³-hybridized carbons (Fsp3) is 0.211. The molecule has 0 atom stereocenters. The van der Waals surface area contributed by atoms with Crippen molar-refractivity contribution in [3.05, 3.63) is 59.9 Å². The summed E-state index contributed by atoms with van der Waals surface area (Å²) in [6.07, 6.45) is 6.32. The molecule has 0 aliphatic carbocycles. The smallest absolute Gasteiger partial charge is 0.337 e. The third-order valence-corrected chi connectivity index (χ3v) is 3.96. The number of carboxylic acids is 1. The Labute approximate surface area is 150 Å². The summed E-state index contributed by atoms with van der Waals surface area (Å²) in [5, 5.41) is 12.2. The molecular weight excluding hydrogens is 334 g/mol. The van der Waals surface area contributed by atoms with E-state index in [9.17, 15) is 14.7 Å². The van der Waals surface area contributed by atoms with Crippen LogP contribution in [0.25, 0.3) is 6.08 Å². The van der Waals surface area contributed by atoms with Gasteiger partial charge in [0.2, 0.25) is 5.91 Å². The van der Waals surface area contributed by atoms with Crippen molar-refractivity contribution in [3.8, 4) is 0 Å². The minimum atomic E-state index is -1.03. The highest BCUT2D eigenvalue weighted by Gasteiger charge is 2.19. The van der Waals surface area contributed by atoms with Crippen molar-refractivity contribution in [1.29, 1.82) is 0 Å². The molecule has 1 aromatic heterocycles. The third-order valence-electron chi connectivity index (χ3n) is 3.96.